The van der Waals surface area contributed by atoms with E-state index in [4.69, 9.17) is 8.94 Å². The van der Waals surface area contributed by atoms with Crippen molar-refractivity contribution in [1.82, 2.24) is 20.3 Å². The zero-order chi connectivity index (χ0) is 16.4. The van der Waals surface area contributed by atoms with Gasteiger partial charge in [0.25, 0.3) is 5.91 Å². The van der Waals surface area contributed by atoms with Crippen LogP contribution >= 0.6 is 0 Å². The zero-order valence-electron chi connectivity index (χ0n) is 13.3. The quantitative estimate of drug-likeness (QED) is 0.782. The molecule has 120 valence electrons. The van der Waals surface area contributed by atoms with Crippen molar-refractivity contribution in [3.63, 3.8) is 0 Å². The molecule has 7 nitrogen and oxygen atoms in total. The lowest BCUT2D eigenvalue weighted by molar-refractivity contribution is 0.0942. The summed E-state index contributed by atoms with van der Waals surface area (Å²) >= 11 is 0. The molecule has 0 spiro atoms. The van der Waals surface area contributed by atoms with Crippen LogP contribution in [0.5, 0.6) is 0 Å². The fourth-order valence-corrected chi connectivity index (χ4v) is 2.53. The number of furan rings is 1. The number of aromatic nitrogens is 3. The van der Waals surface area contributed by atoms with Crippen molar-refractivity contribution < 1.29 is 13.7 Å². The van der Waals surface area contributed by atoms with Crippen molar-refractivity contribution >= 4 is 5.91 Å². The lowest BCUT2D eigenvalue weighted by Crippen LogP contribution is -2.28. The molecule has 0 aliphatic rings. The summed E-state index contributed by atoms with van der Waals surface area (Å²) in [5, 5.41) is 11.0. The molecule has 0 aromatic carbocycles. The second-order valence-electron chi connectivity index (χ2n) is 5.32. The Kier molecular flexibility index (Phi) is 4.01. The van der Waals surface area contributed by atoms with Crippen LogP contribution in [0, 0.1) is 20.8 Å². The first-order valence-corrected chi connectivity index (χ1v) is 7.35. The molecule has 1 amide bonds. The number of nitrogens with zero attached hydrogens (tertiary/aromatic N) is 3. The van der Waals surface area contributed by atoms with Crippen molar-refractivity contribution in [1.29, 1.82) is 0 Å². The molecule has 0 aliphatic heterocycles. The summed E-state index contributed by atoms with van der Waals surface area (Å²) < 4.78 is 12.2. The molecule has 3 aromatic rings. The SMILES string of the molecule is Cc1cc(C(=O)NCCn2nc(C)c(-c3ccco3)c2C)no1. The maximum atomic E-state index is 11.9. The number of amides is 1. The molecule has 23 heavy (non-hydrogen) atoms. The van der Waals surface area contributed by atoms with E-state index in [-0.39, 0.29) is 11.6 Å². The Labute approximate surface area is 133 Å². The molecule has 0 saturated heterocycles. The van der Waals surface area contributed by atoms with Crippen LogP contribution in [-0.2, 0) is 6.54 Å². The van der Waals surface area contributed by atoms with Crippen molar-refractivity contribution in [2.75, 3.05) is 6.54 Å². The van der Waals surface area contributed by atoms with Gasteiger partial charge in [0.05, 0.1) is 24.1 Å². The van der Waals surface area contributed by atoms with Crippen molar-refractivity contribution in [2.24, 2.45) is 0 Å². The van der Waals surface area contributed by atoms with Gasteiger partial charge in [0, 0.05) is 18.3 Å². The molecule has 0 radical (unpaired) electrons. The van der Waals surface area contributed by atoms with Crippen LogP contribution in [0.15, 0.2) is 33.4 Å². The fraction of sp³-hybridized carbons (Fsp3) is 0.312. The van der Waals surface area contributed by atoms with E-state index in [0.29, 0.717) is 18.8 Å². The minimum atomic E-state index is -0.255. The van der Waals surface area contributed by atoms with Gasteiger partial charge in [-0.3, -0.25) is 9.48 Å². The van der Waals surface area contributed by atoms with Gasteiger partial charge in [-0.2, -0.15) is 5.10 Å². The van der Waals surface area contributed by atoms with E-state index in [1.165, 1.54) is 0 Å². The van der Waals surface area contributed by atoms with Gasteiger partial charge in [0.15, 0.2) is 5.69 Å². The number of carbonyl (C=O) groups excluding carboxylic acids is 1. The number of rotatable bonds is 5. The van der Waals surface area contributed by atoms with Gasteiger partial charge in [-0.05, 0) is 32.9 Å². The summed E-state index contributed by atoms with van der Waals surface area (Å²) in [7, 11) is 0. The number of aryl methyl sites for hydroxylation is 2. The average Bonchev–Trinajstić information content (AvgIpc) is 3.22. The Morgan fingerprint density at radius 3 is 2.83 bits per heavy atom. The van der Waals surface area contributed by atoms with Gasteiger partial charge < -0.3 is 14.3 Å². The number of nitrogens with one attached hydrogen (secondary N) is 1. The van der Waals surface area contributed by atoms with Gasteiger partial charge >= 0.3 is 0 Å². The molecular weight excluding hydrogens is 296 g/mol. The highest BCUT2D eigenvalue weighted by molar-refractivity contribution is 5.92. The van der Waals surface area contributed by atoms with Gasteiger partial charge in [0.2, 0.25) is 0 Å². The lowest BCUT2D eigenvalue weighted by atomic mass is 10.1. The fourth-order valence-electron chi connectivity index (χ4n) is 2.53. The maximum Gasteiger partial charge on any atom is 0.273 e. The first-order valence-electron chi connectivity index (χ1n) is 7.35. The third-order valence-corrected chi connectivity index (χ3v) is 3.62. The van der Waals surface area contributed by atoms with Crippen LogP contribution < -0.4 is 5.32 Å². The Balaban J connectivity index is 1.65. The standard InChI is InChI=1S/C16H18N4O3/c1-10-9-13(19-23-10)16(21)17-6-7-20-12(3)15(11(2)18-20)14-5-4-8-22-14/h4-5,8-9H,6-7H2,1-3H3,(H,17,21). The number of carbonyl (C=O) groups is 1. The average molecular weight is 314 g/mol. The summed E-state index contributed by atoms with van der Waals surface area (Å²) in [6.45, 7) is 6.69. The summed E-state index contributed by atoms with van der Waals surface area (Å²) in [5.41, 5.74) is 3.18. The summed E-state index contributed by atoms with van der Waals surface area (Å²) in [6.07, 6.45) is 1.64. The van der Waals surface area contributed by atoms with E-state index in [1.807, 2.05) is 30.7 Å². The highest BCUT2D eigenvalue weighted by atomic mass is 16.5. The van der Waals surface area contributed by atoms with E-state index in [9.17, 15) is 4.79 Å². The predicted octanol–water partition coefficient (Wildman–Crippen LogP) is 2.49. The molecule has 7 heteroatoms. The largest absolute Gasteiger partial charge is 0.464 e. The monoisotopic (exact) mass is 314 g/mol. The van der Waals surface area contributed by atoms with Crippen molar-refractivity contribution in [3.8, 4) is 11.3 Å². The van der Waals surface area contributed by atoms with Crippen LogP contribution in [0.25, 0.3) is 11.3 Å². The van der Waals surface area contributed by atoms with E-state index in [1.54, 1.807) is 19.3 Å². The molecule has 0 aliphatic carbocycles. The topological polar surface area (TPSA) is 86.1 Å². The van der Waals surface area contributed by atoms with Crippen LogP contribution in [0.3, 0.4) is 0 Å². The second kappa shape index (κ2) is 6.12. The van der Waals surface area contributed by atoms with Crippen LogP contribution in [0.2, 0.25) is 0 Å². The van der Waals surface area contributed by atoms with Crippen molar-refractivity contribution in [3.05, 3.63) is 47.3 Å². The van der Waals surface area contributed by atoms with Gasteiger partial charge in [-0.25, -0.2) is 0 Å². The van der Waals surface area contributed by atoms with E-state index >= 15 is 0 Å². The minimum Gasteiger partial charge on any atom is -0.464 e. The molecule has 1 N–H and O–H groups in total. The Morgan fingerprint density at radius 1 is 1.35 bits per heavy atom. The van der Waals surface area contributed by atoms with Gasteiger partial charge in [-0.1, -0.05) is 5.16 Å². The van der Waals surface area contributed by atoms with E-state index in [2.05, 4.69) is 15.6 Å². The molecule has 3 aromatic heterocycles. The molecule has 0 bridgehead atoms. The smallest absolute Gasteiger partial charge is 0.273 e. The predicted molar refractivity (Wildman–Crippen MR) is 83.0 cm³/mol. The Morgan fingerprint density at radius 2 is 2.17 bits per heavy atom. The third-order valence-electron chi connectivity index (χ3n) is 3.62. The Hall–Kier alpha value is -2.83. The first-order chi connectivity index (χ1) is 11.1. The van der Waals surface area contributed by atoms with Crippen molar-refractivity contribution in [2.45, 2.75) is 27.3 Å². The molecule has 0 fully saturated rings. The summed E-state index contributed by atoms with van der Waals surface area (Å²) in [4.78, 5) is 11.9. The summed E-state index contributed by atoms with van der Waals surface area (Å²) in [6, 6.07) is 5.37. The lowest BCUT2D eigenvalue weighted by Gasteiger charge is -2.06. The van der Waals surface area contributed by atoms with Gasteiger partial charge in [0.1, 0.15) is 11.5 Å². The van der Waals surface area contributed by atoms with Crippen LogP contribution in [0.4, 0.5) is 0 Å². The van der Waals surface area contributed by atoms with Crippen LogP contribution in [-0.4, -0.2) is 27.4 Å². The molecule has 0 atom stereocenters. The number of hydrogen-bond acceptors (Lipinski definition) is 5. The zero-order valence-corrected chi connectivity index (χ0v) is 13.3. The molecule has 0 unspecified atom stereocenters. The Bertz CT molecular complexity index is 815. The molecular formula is C16H18N4O3. The van der Waals surface area contributed by atoms with E-state index in [0.717, 1.165) is 22.7 Å². The van der Waals surface area contributed by atoms with Gasteiger partial charge in [-0.15, -0.1) is 0 Å². The summed E-state index contributed by atoms with van der Waals surface area (Å²) in [5.74, 6) is 1.15. The minimum absolute atomic E-state index is 0.255. The number of hydrogen-bond donors (Lipinski definition) is 1. The van der Waals surface area contributed by atoms with Crippen LogP contribution in [0.1, 0.15) is 27.6 Å². The molecule has 0 saturated carbocycles. The molecule has 3 rings (SSSR count). The third kappa shape index (κ3) is 3.03. The molecule has 3 heterocycles. The first kappa shape index (κ1) is 15.1. The highest BCUT2D eigenvalue weighted by Crippen LogP contribution is 2.26. The highest BCUT2D eigenvalue weighted by Gasteiger charge is 2.16. The van der Waals surface area contributed by atoms with E-state index < -0.39 is 0 Å². The maximum absolute atomic E-state index is 11.9. The normalized spacial score (nSPS) is 10.9. The second-order valence-corrected chi connectivity index (χ2v) is 5.32.